The molecule has 2 rings (SSSR count). The minimum atomic E-state index is -3.85. The van der Waals surface area contributed by atoms with Crippen molar-refractivity contribution < 1.29 is 17.9 Å². The van der Waals surface area contributed by atoms with E-state index in [2.05, 4.69) is 10.0 Å². The number of carbonyl (C=O) groups excluding carboxylic acids is 1. The van der Waals surface area contributed by atoms with E-state index >= 15 is 0 Å². The number of hydrogen-bond donors (Lipinski definition) is 2. The summed E-state index contributed by atoms with van der Waals surface area (Å²) in [6.45, 7) is 4.93. The Hall–Kier alpha value is -2.45. The molecule has 0 aliphatic heterocycles. The highest BCUT2D eigenvalue weighted by molar-refractivity contribution is 7.92. The molecular weight excluding hydrogens is 390 g/mol. The van der Waals surface area contributed by atoms with Gasteiger partial charge in [-0.15, -0.1) is 0 Å². The molecular formula is C18H22ClN3O4S. The third-order valence-corrected chi connectivity index (χ3v) is 5.49. The van der Waals surface area contributed by atoms with Crippen molar-refractivity contribution in [1.29, 1.82) is 0 Å². The number of hydrogen-bond acceptors (Lipinski definition) is 4. The predicted octanol–water partition coefficient (Wildman–Crippen LogP) is 4.02. The SMILES string of the molecule is CCN(CC)C(=O)Nc1ccc(S(=O)(=O)Nc2cc(Cl)ccc2OC)cc1. The number of ether oxygens (including phenoxy) is 1. The summed E-state index contributed by atoms with van der Waals surface area (Å²) >= 11 is 5.93. The number of anilines is 2. The van der Waals surface area contributed by atoms with Gasteiger partial charge in [-0.1, -0.05) is 11.6 Å². The fourth-order valence-electron chi connectivity index (χ4n) is 2.39. The molecule has 2 aromatic carbocycles. The number of methoxy groups -OCH3 is 1. The first-order valence-electron chi connectivity index (χ1n) is 8.33. The summed E-state index contributed by atoms with van der Waals surface area (Å²) in [5, 5.41) is 3.11. The predicted molar refractivity (Wildman–Crippen MR) is 107 cm³/mol. The molecule has 0 aliphatic rings. The molecule has 0 fully saturated rings. The Morgan fingerprint density at radius 3 is 2.30 bits per heavy atom. The van der Waals surface area contributed by atoms with E-state index in [1.807, 2.05) is 13.8 Å². The Labute approximate surface area is 164 Å². The number of rotatable bonds is 7. The number of nitrogens with one attached hydrogen (secondary N) is 2. The van der Waals surface area contributed by atoms with E-state index in [1.54, 1.807) is 17.0 Å². The highest BCUT2D eigenvalue weighted by Gasteiger charge is 2.17. The normalized spacial score (nSPS) is 11.0. The zero-order valence-electron chi connectivity index (χ0n) is 15.3. The van der Waals surface area contributed by atoms with Crippen molar-refractivity contribution in [3.05, 3.63) is 47.5 Å². The van der Waals surface area contributed by atoms with Gasteiger partial charge in [-0.3, -0.25) is 4.72 Å². The fraction of sp³-hybridized carbons (Fsp3) is 0.278. The third kappa shape index (κ3) is 5.27. The number of sulfonamides is 1. The fourth-order valence-corrected chi connectivity index (χ4v) is 3.63. The smallest absolute Gasteiger partial charge is 0.321 e. The first kappa shape index (κ1) is 20.9. The van der Waals surface area contributed by atoms with Gasteiger partial charge in [0.15, 0.2) is 0 Å². The molecule has 0 saturated carbocycles. The van der Waals surface area contributed by atoms with Crippen LogP contribution in [0.1, 0.15) is 13.8 Å². The van der Waals surface area contributed by atoms with Gasteiger partial charge in [0.25, 0.3) is 10.0 Å². The average molecular weight is 412 g/mol. The number of urea groups is 1. The summed E-state index contributed by atoms with van der Waals surface area (Å²) < 4.78 is 32.8. The summed E-state index contributed by atoms with van der Waals surface area (Å²) in [5.41, 5.74) is 0.745. The van der Waals surface area contributed by atoms with Crippen molar-refractivity contribution in [2.24, 2.45) is 0 Å². The van der Waals surface area contributed by atoms with Gasteiger partial charge in [0, 0.05) is 23.8 Å². The Balaban J connectivity index is 2.18. The maximum Gasteiger partial charge on any atom is 0.321 e. The molecule has 2 aromatic rings. The topological polar surface area (TPSA) is 87.7 Å². The molecule has 0 atom stereocenters. The van der Waals surface area contributed by atoms with Crippen molar-refractivity contribution in [2.45, 2.75) is 18.7 Å². The lowest BCUT2D eigenvalue weighted by Gasteiger charge is -2.19. The number of halogens is 1. The van der Waals surface area contributed by atoms with Gasteiger partial charge in [0.2, 0.25) is 0 Å². The van der Waals surface area contributed by atoms with E-state index in [4.69, 9.17) is 16.3 Å². The Bertz CT molecular complexity index is 897. The molecule has 0 unspecified atom stereocenters. The van der Waals surface area contributed by atoms with Crippen LogP contribution in [0.4, 0.5) is 16.2 Å². The van der Waals surface area contributed by atoms with E-state index < -0.39 is 10.0 Å². The van der Waals surface area contributed by atoms with Gasteiger partial charge in [0.1, 0.15) is 5.75 Å². The highest BCUT2D eigenvalue weighted by Crippen LogP contribution is 2.30. The van der Waals surface area contributed by atoms with Gasteiger partial charge in [-0.05, 0) is 56.3 Å². The van der Waals surface area contributed by atoms with Gasteiger partial charge in [0.05, 0.1) is 17.7 Å². The monoisotopic (exact) mass is 411 g/mol. The minimum absolute atomic E-state index is 0.0466. The Morgan fingerprint density at radius 2 is 1.74 bits per heavy atom. The van der Waals surface area contributed by atoms with Crippen LogP contribution in [0.25, 0.3) is 0 Å². The van der Waals surface area contributed by atoms with Crippen molar-refractivity contribution >= 4 is 39.0 Å². The maximum absolute atomic E-state index is 12.6. The summed E-state index contributed by atoms with van der Waals surface area (Å²) in [4.78, 5) is 13.7. The van der Waals surface area contributed by atoms with E-state index in [0.717, 1.165) is 0 Å². The Morgan fingerprint density at radius 1 is 1.11 bits per heavy atom. The van der Waals surface area contributed by atoms with Crippen LogP contribution in [0, 0.1) is 0 Å². The molecule has 0 saturated heterocycles. The molecule has 7 nitrogen and oxygen atoms in total. The largest absolute Gasteiger partial charge is 0.495 e. The first-order chi connectivity index (χ1) is 12.8. The van der Waals surface area contributed by atoms with Crippen LogP contribution in [0.2, 0.25) is 5.02 Å². The standard InChI is InChI=1S/C18H22ClN3O4S/c1-4-22(5-2)18(23)20-14-7-9-15(10-8-14)27(24,25)21-16-12-13(19)6-11-17(16)26-3/h6-12,21H,4-5H2,1-3H3,(H,20,23). The minimum Gasteiger partial charge on any atom is -0.495 e. The van der Waals surface area contributed by atoms with E-state index in [9.17, 15) is 13.2 Å². The number of nitrogens with zero attached hydrogens (tertiary/aromatic N) is 1. The van der Waals surface area contributed by atoms with Crippen molar-refractivity contribution in [2.75, 3.05) is 30.2 Å². The molecule has 0 bridgehead atoms. The van der Waals surface area contributed by atoms with Crippen molar-refractivity contribution in [1.82, 2.24) is 4.90 Å². The van der Waals surface area contributed by atoms with Crippen LogP contribution >= 0.6 is 11.6 Å². The van der Waals surface area contributed by atoms with Gasteiger partial charge >= 0.3 is 6.03 Å². The molecule has 2 N–H and O–H groups in total. The van der Waals surface area contributed by atoms with Crippen LogP contribution in [0.15, 0.2) is 47.4 Å². The summed E-state index contributed by atoms with van der Waals surface area (Å²) in [5.74, 6) is 0.353. The summed E-state index contributed by atoms with van der Waals surface area (Å²) in [6.07, 6.45) is 0. The molecule has 27 heavy (non-hydrogen) atoms. The average Bonchev–Trinajstić information content (AvgIpc) is 2.63. The lowest BCUT2D eigenvalue weighted by Crippen LogP contribution is -2.34. The molecule has 0 aromatic heterocycles. The van der Waals surface area contributed by atoms with Crippen molar-refractivity contribution in [3.63, 3.8) is 0 Å². The molecule has 0 spiro atoms. The Kier molecular flexibility index (Phi) is 6.92. The number of amides is 2. The van der Waals surface area contributed by atoms with Crippen LogP contribution in [-0.4, -0.2) is 39.5 Å². The third-order valence-electron chi connectivity index (χ3n) is 3.87. The molecule has 0 aliphatic carbocycles. The molecule has 0 heterocycles. The van der Waals surface area contributed by atoms with Crippen LogP contribution < -0.4 is 14.8 Å². The number of carbonyl (C=O) groups is 1. The summed E-state index contributed by atoms with van der Waals surface area (Å²) in [6, 6.07) is 10.3. The molecule has 9 heteroatoms. The lowest BCUT2D eigenvalue weighted by atomic mass is 10.3. The summed E-state index contributed by atoms with van der Waals surface area (Å²) in [7, 11) is -2.41. The first-order valence-corrected chi connectivity index (χ1v) is 10.2. The van der Waals surface area contributed by atoms with E-state index in [0.29, 0.717) is 29.5 Å². The van der Waals surface area contributed by atoms with Gasteiger partial charge < -0.3 is 15.0 Å². The van der Waals surface area contributed by atoms with E-state index in [-0.39, 0.29) is 16.6 Å². The van der Waals surface area contributed by atoms with Crippen LogP contribution in [0.5, 0.6) is 5.75 Å². The zero-order chi connectivity index (χ0) is 20.0. The van der Waals surface area contributed by atoms with E-state index in [1.165, 1.54) is 37.4 Å². The molecule has 0 radical (unpaired) electrons. The zero-order valence-corrected chi connectivity index (χ0v) is 16.9. The maximum atomic E-state index is 12.6. The van der Waals surface area contributed by atoms with Crippen LogP contribution in [-0.2, 0) is 10.0 Å². The molecule has 146 valence electrons. The van der Waals surface area contributed by atoms with Gasteiger partial charge in [-0.25, -0.2) is 13.2 Å². The molecule has 2 amide bonds. The second-order valence-corrected chi connectivity index (χ2v) is 7.70. The highest BCUT2D eigenvalue weighted by atomic mass is 35.5. The quantitative estimate of drug-likeness (QED) is 0.720. The van der Waals surface area contributed by atoms with Gasteiger partial charge in [-0.2, -0.15) is 0 Å². The number of benzene rings is 2. The van der Waals surface area contributed by atoms with Crippen LogP contribution in [0.3, 0.4) is 0 Å². The lowest BCUT2D eigenvalue weighted by molar-refractivity contribution is 0.217. The second-order valence-electron chi connectivity index (χ2n) is 5.58. The second kappa shape index (κ2) is 8.96. The van der Waals surface area contributed by atoms with Crippen molar-refractivity contribution in [3.8, 4) is 5.75 Å².